The molecule has 0 amide bonds. The van der Waals surface area contributed by atoms with Crippen molar-refractivity contribution in [1.29, 1.82) is 0 Å². The van der Waals surface area contributed by atoms with Gasteiger partial charge in [0.2, 0.25) is 10.0 Å². The molecule has 11 heteroatoms. The van der Waals surface area contributed by atoms with E-state index in [2.05, 4.69) is 32.3 Å². The maximum absolute atomic E-state index is 12.5. The van der Waals surface area contributed by atoms with Crippen LogP contribution in [0.25, 0.3) is 0 Å². The molecular formula is C17H26N6O3S2. The first kappa shape index (κ1) is 20.7. The molecule has 0 atom stereocenters. The van der Waals surface area contributed by atoms with Crippen LogP contribution in [0.15, 0.2) is 28.0 Å². The minimum atomic E-state index is -3.40. The number of rotatable bonds is 7. The fourth-order valence-corrected chi connectivity index (χ4v) is 5.30. The number of aromatic nitrogens is 2. The molecule has 3 rings (SSSR count). The number of hydrogen-bond donors (Lipinski definition) is 1. The predicted molar refractivity (Wildman–Crippen MR) is 109 cm³/mol. The number of hydrogen-bond acceptors (Lipinski definition) is 7. The number of guanidine groups is 1. The van der Waals surface area contributed by atoms with Gasteiger partial charge in [-0.3, -0.25) is 4.99 Å². The van der Waals surface area contributed by atoms with E-state index in [1.807, 2.05) is 6.20 Å². The van der Waals surface area contributed by atoms with Gasteiger partial charge in [-0.1, -0.05) is 12.1 Å². The summed E-state index contributed by atoms with van der Waals surface area (Å²) >= 11 is 1.74. The Kier molecular flexibility index (Phi) is 7.03. The van der Waals surface area contributed by atoms with Crippen LogP contribution in [0.4, 0.5) is 0 Å². The van der Waals surface area contributed by atoms with Gasteiger partial charge in [-0.25, -0.2) is 13.4 Å². The van der Waals surface area contributed by atoms with Crippen LogP contribution in [0.1, 0.15) is 22.5 Å². The first-order valence-corrected chi connectivity index (χ1v) is 11.7. The summed E-state index contributed by atoms with van der Waals surface area (Å²) in [5.74, 6) is 0.658. The third-order valence-electron chi connectivity index (χ3n) is 4.54. The second-order valence-corrected chi connectivity index (χ2v) is 9.60. The highest BCUT2D eigenvalue weighted by Crippen LogP contribution is 2.14. The van der Waals surface area contributed by atoms with Gasteiger partial charge in [0.1, 0.15) is 12.0 Å². The second-order valence-electron chi connectivity index (χ2n) is 6.43. The van der Waals surface area contributed by atoms with E-state index in [9.17, 15) is 8.42 Å². The third kappa shape index (κ3) is 5.30. The molecule has 1 aliphatic heterocycles. The van der Waals surface area contributed by atoms with Gasteiger partial charge in [0, 0.05) is 63.3 Å². The Hall–Kier alpha value is -1.98. The quantitative estimate of drug-likeness (QED) is 0.519. The van der Waals surface area contributed by atoms with Gasteiger partial charge in [-0.05, 0) is 6.42 Å². The number of piperazine rings is 1. The summed E-state index contributed by atoms with van der Waals surface area (Å²) in [4.78, 5) is 12.1. The standard InChI is InChI=1S/C17H26N6O3S2/c1-3-15-12-20-16(27-15)4-6-19-17(18-2)22-7-9-23(10-8-22)28(24,25)13-14-5-11-26-21-14/h5,11-12H,3-4,6-10,13H2,1-2H3,(H,18,19). The molecule has 1 N–H and O–H groups in total. The lowest BCUT2D eigenvalue weighted by atomic mass is 10.4. The number of aryl methyl sites for hydroxylation is 1. The predicted octanol–water partition coefficient (Wildman–Crippen LogP) is 0.959. The van der Waals surface area contributed by atoms with E-state index in [4.69, 9.17) is 4.52 Å². The molecule has 0 aliphatic carbocycles. The van der Waals surface area contributed by atoms with Crippen molar-refractivity contribution < 1.29 is 12.9 Å². The van der Waals surface area contributed by atoms with Crippen molar-refractivity contribution in [3.8, 4) is 0 Å². The van der Waals surface area contributed by atoms with E-state index < -0.39 is 10.0 Å². The molecule has 1 aliphatic rings. The fourth-order valence-electron chi connectivity index (χ4n) is 3.01. The molecule has 154 valence electrons. The Morgan fingerprint density at radius 3 is 2.75 bits per heavy atom. The average Bonchev–Trinajstić information content (AvgIpc) is 3.37. The van der Waals surface area contributed by atoms with Gasteiger partial charge >= 0.3 is 0 Å². The lowest BCUT2D eigenvalue weighted by molar-refractivity contribution is 0.260. The van der Waals surface area contributed by atoms with Gasteiger partial charge in [0.05, 0.1) is 10.7 Å². The molecule has 1 fully saturated rings. The highest BCUT2D eigenvalue weighted by atomic mass is 32.2. The number of nitrogens with zero attached hydrogens (tertiary/aromatic N) is 5. The minimum Gasteiger partial charge on any atom is -0.364 e. The van der Waals surface area contributed by atoms with Crippen molar-refractivity contribution in [2.75, 3.05) is 39.8 Å². The summed E-state index contributed by atoms with van der Waals surface area (Å²) in [6, 6.07) is 1.57. The molecule has 0 saturated carbocycles. The number of aliphatic imine (C=N–C) groups is 1. The Morgan fingerprint density at radius 2 is 2.14 bits per heavy atom. The fraction of sp³-hybridized carbons (Fsp3) is 0.588. The summed E-state index contributed by atoms with van der Waals surface area (Å²) in [6.45, 7) is 4.90. The molecule has 0 aromatic carbocycles. The van der Waals surface area contributed by atoms with E-state index in [1.165, 1.54) is 15.4 Å². The maximum Gasteiger partial charge on any atom is 0.220 e. The van der Waals surface area contributed by atoms with Crippen LogP contribution in [0.2, 0.25) is 0 Å². The zero-order chi connectivity index (χ0) is 20.0. The molecule has 28 heavy (non-hydrogen) atoms. The number of thiazole rings is 1. The van der Waals surface area contributed by atoms with E-state index in [0.717, 1.165) is 30.4 Å². The summed E-state index contributed by atoms with van der Waals surface area (Å²) in [7, 11) is -1.65. The normalized spacial score (nSPS) is 16.5. The third-order valence-corrected chi connectivity index (χ3v) is 7.55. The second kappa shape index (κ2) is 9.48. The highest BCUT2D eigenvalue weighted by molar-refractivity contribution is 7.88. The summed E-state index contributed by atoms with van der Waals surface area (Å²) in [6.07, 6.45) is 5.17. The van der Waals surface area contributed by atoms with Crippen molar-refractivity contribution in [1.82, 2.24) is 24.7 Å². The van der Waals surface area contributed by atoms with Crippen LogP contribution in [-0.4, -0.2) is 73.5 Å². The van der Waals surface area contributed by atoms with Crippen LogP contribution >= 0.6 is 11.3 Å². The van der Waals surface area contributed by atoms with Gasteiger partial charge in [-0.2, -0.15) is 4.31 Å². The Balaban J connectivity index is 1.47. The molecule has 0 radical (unpaired) electrons. The Bertz CT molecular complexity index is 871. The van der Waals surface area contributed by atoms with Crippen LogP contribution in [0, 0.1) is 0 Å². The molecule has 0 unspecified atom stereocenters. The lowest BCUT2D eigenvalue weighted by Gasteiger charge is -2.35. The molecule has 0 spiro atoms. The van der Waals surface area contributed by atoms with E-state index >= 15 is 0 Å². The maximum atomic E-state index is 12.5. The Labute approximate surface area is 169 Å². The zero-order valence-corrected chi connectivity index (χ0v) is 17.8. The minimum absolute atomic E-state index is 0.135. The van der Waals surface area contributed by atoms with Crippen molar-refractivity contribution >= 4 is 27.3 Å². The van der Waals surface area contributed by atoms with Gasteiger partial charge in [-0.15, -0.1) is 11.3 Å². The average molecular weight is 427 g/mol. The number of nitrogens with one attached hydrogen (secondary N) is 1. The molecule has 1 saturated heterocycles. The van der Waals surface area contributed by atoms with E-state index in [1.54, 1.807) is 24.5 Å². The van der Waals surface area contributed by atoms with Crippen molar-refractivity contribution in [3.05, 3.63) is 34.1 Å². The highest BCUT2D eigenvalue weighted by Gasteiger charge is 2.28. The SMILES string of the molecule is CCc1cnc(CCNC(=NC)N2CCN(S(=O)(=O)Cc3ccon3)CC2)s1. The first-order valence-electron chi connectivity index (χ1n) is 9.28. The first-order chi connectivity index (χ1) is 13.5. The zero-order valence-electron chi connectivity index (χ0n) is 16.2. The van der Waals surface area contributed by atoms with E-state index in [-0.39, 0.29) is 5.75 Å². The summed E-state index contributed by atoms with van der Waals surface area (Å²) in [5, 5.41) is 8.17. The molecular weight excluding hydrogens is 400 g/mol. The smallest absolute Gasteiger partial charge is 0.220 e. The van der Waals surface area contributed by atoms with Crippen LogP contribution in [0.5, 0.6) is 0 Å². The molecule has 2 aromatic heterocycles. The summed E-state index contributed by atoms with van der Waals surface area (Å²) in [5.41, 5.74) is 0.424. The number of sulfonamides is 1. The molecule has 9 nitrogen and oxygen atoms in total. The van der Waals surface area contributed by atoms with Gasteiger partial charge < -0.3 is 14.7 Å². The van der Waals surface area contributed by atoms with Crippen LogP contribution in [0.3, 0.4) is 0 Å². The van der Waals surface area contributed by atoms with Crippen molar-refractivity contribution in [3.63, 3.8) is 0 Å². The monoisotopic (exact) mass is 426 g/mol. The Morgan fingerprint density at radius 1 is 1.36 bits per heavy atom. The topological polar surface area (TPSA) is 104 Å². The lowest BCUT2D eigenvalue weighted by Crippen LogP contribution is -2.54. The van der Waals surface area contributed by atoms with Crippen molar-refractivity contribution in [2.24, 2.45) is 4.99 Å². The van der Waals surface area contributed by atoms with Crippen molar-refractivity contribution in [2.45, 2.75) is 25.5 Å². The van der Waals surface area contributed by atoms with E-state index in [0.29, 0.717) is 31.9 Å². The molecule has 2 aromatic rings. The van der Waals surface area contributed by atoms with Gasteiger partial charge in [0.25, 0.3) is 0 Å². The molecule has 0 bridgehead atoms. The van der Waals surface area contributed by atoms with Crippen LogP contribution < -0.4 is 5.32 Å². The van der Waals surface area contributed by atoms with Crippen LogP contribution in [-0.2, 0) is 28.6 Å². The largest absolute Gasteiger partial charge is 0.364 e. The molecule has 3 heterocycles. The van der Waals surface area contributed by atoms with Gasteiger partial charge in [0.15, 0.2) is 5.96 Å². The summed E-state index contributed by atoms with van der Waals surface area (Å²) < 4.78 is 31.3.